The molecular weight excluding hydrogens is 279 g/mol. The largest absolute Gasteiger partial charge is 0.496 e. The zero-order valence-electron chi connectivity index (χ0n) is 11.3. The fourth-order valence-corrected chi connectivity index (χ4v) is 2.47. The van der Waals surface area contributed by atoms with Gasteiger partial charge in [-0.1, -0.05) is 35.4 Å². The van der Waals surface area contributed by atoms with Gasteiger partial charge in [-0.2, -0.15) is 0 Å². The smallest absolute Gasteiger partial charge is 0.129 e. The average molecular weight is 295 g/mol. The number of halogens is 2. The first-order valence-electron chi connectivity index (χ1n) is 6.13. The summed E-state index contributed by atoms with van der Waals surface area (Å²) < 4.78 is 19.4. The topological polar surface area (TPSA) is 47.3 Å². The molecule has 0 saturated heterocycles. The normalized spacial score (nSPS) is 12.2. The van der Waals surface area contributed by atoms with Crippen LogP contribution in [0, 0.1) is 12.7 Å². The van der Waals surface area contributed by atoms with Crippen molar-refractivity contribution in [3.63, 3.8) is 0 Å². The lowest BCUT2D eigenvalue weighted by Crippen LogP contribution is -2.30. The molecule has 0 bridgehead atoms. The molecule has 1 atom stereocenters. The zero-order valence-corrected chi connectivity index (χ0v) is 12.0. The first-order chi connectivity index (χ1) is 9.58. The number of benzene rings is 2. The summed E-state index contributed by atoms with van der Waals surface area (Å²) in [5, 5.41) is 0.316. The van der Waals surface area contributed by atoms with Gasteiger partial charge in [-0.25, -0.2) is 9.82 Å². The molecule has 5 heteroatoms. The van der Waals surface area contributed by atoms with Crippen LogP contribution in [0.5, 0.6) is 5.75 Å². The van der Waals surface area contributed by atoms with Crippen molar-refractivity contribution >= 4 is 11.6 Å². The Morgan fingerprint density at radius 3 is 2.65 bits per heavy atom. The fraction of sp³-hybridized carbons (Fsp3) is 0.200. The van der Waals surface area contributed by atoms with Crippen LogP contribution in [-0.4, -0.2) is 7.11 Å². The molecule has 3 N–H and O–H groups in total. The van der Waals surface area contributed by atoms with Crippen molar-refractivity contribution in [2.75, 3.05) is 7.11 Å². The van der Waals surface area contributed by atoms with E-state index < -0.39 is 11.9 Å². The van der Waals surface area contributed by atoms with Gasteiger partial charge in [0, 0.05) is 16.1 Å². The molecule has 0 saturated carbocycles. The summed E-state index contributed by atoms with van der Waals surface area (Å²) in [6.07, 6.45) is 0. The van der Waals surface area contributed by atoms with Gasteiger partial charge in [-0.3, -0.25) is 5.84 Å². The highest BCUT2D eigenvalue weighted by Gasteiger charge is 2.22. The van der Waals surface area contributed by atoms with E-state index in [0.29, 0.717) is 16.3 Å². The van der Waals surface area contributed by atoms with E-state index in [1.807, 2.05) is 25.1 Å². The second-order valence-corrected chi connectivity index (χ2v) is 4.89. The fourth-order valence-electron chi connectivity index (χ4n) is 2.19. The van der Waals surface area contributed by atoms with E-state index in [2.05, 4.69) is 5.43 Å². The lowest BCUT2D eigenvalue weighted by atomic mass is 9.96. The molecule has 0 aromatic heterocycles. The SMILES string of the molecule is COc1ccc(C)cc1C(NN)c1c(F)cccc1Cl. The quantitative estimate of drug-likeness (QED) is 0.671. The van der Waals surface area contributed by atoms with Crippen LogP contribution in [0.1, 0.15) is 22.7 Å². The van der Waals surface area contributed by atoms with Gasteiger partial charge in [-0.05, 0) is 25.1 Å². The van der Waals surface area contributed by atoms with Gasteiger partial charge in [0.25, 0.3) is 0 Å². The van der Waals surface area contributed by atoms with Crippen LogP contribution in [0.3, 0.4) is 0 Å². The van der Waals surface area contributed by atoms with Crippen molar-refractivity contribution in [1.82, 2.24) is 5.43 Å². The molecule has 20 heavy (non-hydrogen) atoms. The average Bonchev–Trinajstić information content (AvgIpc) is 2.43. The van der Waals surface area contributed by atoms with Crippen LogP contribution in [0.15, 0.2) is 36.4 Å². The maximum Gasteiger partial charge on any atom is 0.129 e. The summed E-state index contributed by atoms with van der Waals surface area (Å²) in [6.45, 7) is 1.94. The molecule has 0 fully saturated rings. The van der Waals surface area contributed by atoms with Crippen LogP contribution in [0.4, 0.5) is 4.39 Å². The number of nitrogens with two attached hydrogens (primary N) is 1. The third-order valence-electron chi connectivity index (χ3n) is 3.15. The second kappa shape index (κ2) is 6.22. The minimum Gasteiger partial charge on any atom is -0.496 e. The summed E-state index contributed by atoms with van der Waals surface area (Å²) in [7, 11) is 1.56. The van der Waals surface area contributed by atoms with E-state index in [-0.39, 0.29) is 0 Å². The molecule has 0 aliphatic carbocycles. The van der Waals surface area contributed by atoms with E-state index in [9.17, 15) is 4.39 Å². The third-order valence-corrected chi connectivity index (χ3v) is 3.48. The molecule has 0 heterocycles. The number of hydrazine groups is 1. The van der Waals surface area contributed by atoms with Crippen molar-refractivity contribution < 1.29 is 9.13 Å². The monoisotopic (exact) mass is 294 g/mol. The van der Waals surface area contributed by atoms with E-state index in [1.54, 1.807) is 19.2 Å². The Hall–Kier alpha value is -1.62. The zero-order chi connectivity index (χ0) is 14.7. The Labute approximate surface area is 122 Å². The second-order valence-electron chi connectivity index (χ2n) is 4.48. The molecule has 0 radical (unpaired) electrons. The van der Waals surface area contributed by atoms with Crippen molar-refractivity contribution in [1.29, 1.82) is 0 Å². The molecule has 0 aliphatic heterocycles. The van der Waals surface area contributed by atoms with Crippen molar-refractivity contribution in [2.45, 2.75) is 13.0 Å². The van der Waals surface area contributed by atoms with Gasteiger partial charge < -0.3 is 4.74 Å². The van der Waals surface area contributed by atoms with Crippen LogP contribution in [0.25, 0.3) is 0 Å². The summed E-state index contributed by atoms with van der Waals surface area (Å²) in [4.78, 5) is 0. The van der Waals surface area contributed by atoms with E-state index in [0.717, 1.165) is 11.1 Å². The Kier molecular flexibility index (Phi) is 4.60. The van der Waals surface area contributed by atoms with Gasteiger partial charge in [0.1, 0.15) is 11.6 Å². The molecule has 2 rings (SSSR count). The first-order valence-corrected chi connectivity index (χ1v) is 6.51. The molecule has 0 aliphatic rings. The number of hydrogen-bond acceptors (Lipinski definition) is 3. The Morgan fingerprint density at radius 2 is 2.05 bits per heavy atom. The number of methoxy groups -OCH3 is 1. The molecule has 1 unspecified atom stereocenters. The Balaban J connectivity index is 2.61. The number of hydrogen-bond donors (Lipinski definition) is 2. The van der Waals surface area contributed by atoms with Crippen molar-refractivity contribution in [2.24, 2.45) is 5.84 Å². The van der Waals surface area contributed by atoms with Crippen LogP contribution < -0.4 is 16.0 Å². The minimum absolute atomic E-state index is 0.306. The van der Waals surface area contributed by atoms with Crippen LogP contribution in [0.2, 0.25) is 5.02 Å². The molecule has 2 aromatic carbocycles. The Bertz CT molecular complexity index is 599. The summed E-state index contributed by atoms with van der Waals surface area (Å²) in [5.74, 6) is 5.83. The molecule has 2 aromatic rings. The molecule has 3 nitrogen and oxygen atoms in total. The van der Waals surface area contributed by atoms with Crippen LogP contribution in [-0.2, 0) is 0 Å². The Morgan fingerprint density at radius 1 is 1.30 bits per heavy atom. The van der Waals surface area contributed by atoms with Gasteiger partial charge >= 0.3 is 0 Å². The van der Waals surface area contributed by atoms with Gasteiger partial charge in [0.2, 0.25) is 0 Å². The predicted molar refractivity (Wildman–Crippen MR) is 78.3 cm³/mol. The van der Waals surface area contributed by atoms with E-state index in [1.165, 1.54) is 6.07 Å². The minimum atomic E-state index is -0.585. The van der Waals surface area contributed by atoms with Crippen molar-refractivity contribution in [3.05, 3.63) is 63.9 Å². The van der Waals surface area contributed by atoms with Gasteiger partial charge in [0.15, 0.2) is 0 Å². The van der Waals surface area contributed by atoms with Crippen LogP contribution >= 0.6 is 11.6 Å². The number of aryl methyl sites for hydroxylation is 1. The molecule has 106 valence electrons. The lowest BCUT2D eigenvalue weighted by molar-refractivity contribution is 0.403. The lowest BCUT2D eigenvalue weighted by Gasteiger charge is -2.21. The first kappa shape index (κ1) is 14.8. The van der Waals surface area contributed by atoms with E-state index >= 15 is 0 Å². The highest BCUT2D eigenvalue weighted by atomic mass is 35.5. The highest BCUT2D eigenvalue weighted by Crippen LogP contribution is 2.35. The standard InChI is InChI=1S/C15H16ClFN2O/c1-9-6-7-13(20-2)10(8-9)15(19-18)14-11(16)4-3-5-12(14)17/h3-8,15,19H,18H2,1-2H3. The van der Waals surface area contributed by atoms with Crippen molar-refractivity contribution in [3.8, 4) is 5.75 Å². The van der Waals surface area contributed by atoms with E-state index in [4.69, 9.17) is 22.2 Å². The maximum atomic E-state index is 14.1. The number of ether oxygens (including phenoxy) is 1. The molecular formula is C15H16ClFN2O. The summed E-state index contributed by atoms with van der Waals surface area (Å²) in [6, 6.07) is 9.59. The van der Waals surface area contributed by atoms with Gasteiger partial charge in [-0.15, -0.1) is 0 Å². The third kappa shape index (κ3) is 2.77. The number of nitrogens with one attached hydrogen (secondary N) is 1. The molecule has 0 amide bonds. The highest BCUT2D eigenvalue weighted by molar-refractivity contribution is 6.31. The summed E-state index contributed by atoms with van der Waals surface area (Å²) in [5.41, 5.74) is 4.68. The number of rotatable bonds is 4. The predicted octanol–water partition coefficient (Wildman–Crippen LogP) is 3.35. The summed E-state index contributed by atoms with van der Waals surface area (Å²) >= 11 is 6.11. The van der Waals surface area contributed by atoms with Gasteiger partial charge in [0.05, 0.1) is 13.2 Å². The molecule has 0 spiro atoms. The maximum absolute atomic E-state index is 14.1.